The number of fused-ring (bicyclic) bond motifs is 1. The van der Waals surface area contributed by atoms with Gasteiger partial charge in [-0.3, -0.25) is 4.79 Å². The third-order valence-electron chi connectivity index (χ3n) is 2.62. The number of benzene rings is 1. The van der Waals surface area contributed by atoms with Gasteiger partial charge in [0.2, 0.25) is 0 Å². The fourth-order valence-electron chi connectivity index (χ4n) is 1.58. The van der Waals surface area contributed by atoms with Crippen LogP contribution in [-0.2, 0) is 10.2 Å². The van der Waals surface area contributed by atoms with E-state index in [0.717, 1.165) is 11.3 Å². The highest BCUT2D eigenvalue weighted by Crippen LogP contribution is 2.35. The number of hydrogen-bond donors (Lipinski definition) is 0. The second-order valence-electron chi connectivity index (χ2n) is 3.83. The van der Waals surface area contributed by atoms with Gasteiger partial charge in [0.05, 0.1) is 5.41 Å². The molecule has 68 valence electrons. The van der Waals surface area contributed by atoms with Crippen molar-refractivity contribution in [3.8, 4) is 5.75 Å². The average molecular weight is 176 g/mol. The van der Waals surface area contributed by atoms with Gasteiger partial charge < -0.3 is 4.74 Å². The van der Waals surface area contributed by atoms with Gasteiger partial charge in [0.25, 0.3) is 0 Å². The molecule has 0 aromatic heterocycles. The van der Waals surface area contributed by atoms with Crippen molar-refractivity contribution in [2.45, 2.75) is 19.3 Å². The Kier molecular flexibility index (Phi) is 1.65. The molecule has 2 rings (SSSR count). The zero-order valence-electron chi connectivity index (χ0n) is 7.83. The summed E-state index contributed by atoms with van der Waals surface area (Å²) in [6, 6.07) is 7.71. The van der Waals surface area contributed by atoms with E-state index in [4.69, 9.17) is 4.74 Å². The van der Waals surface area contributed by atoms with Gasteiger partial charge in [0.1, 0.15) is 12.4 Å². The minimum atomic E-state index is -0.394. The van der Waals surface area contributed by atoms with Crippen molar-refractivity contribution in [2.24, 2.45) is 0 Å². The predicted molar refractivity (Wildman–Crippen MR) is 50.0 cm³/mol. The fraction of sp³-hybridized carbons (Fsp3) is 0.364. The van der Waals surface area contributed by atoms with Crippen molar-refractivity contribution in [3.05, 3.63) is 29.8 Å². The van der Waals surface area contributed by atoms with Gasteiger partial charge in [-0.05, 0) is 19.9 Å². The van der Waals surface area contributed by atoms with Gasteiger partial charge in [-0.15, -0.1) is 0 Å². The van der Waals surface area contributed by atoms with Crippen LogP contribution in [0.15, 0.2) is 24.3 Å². The topological polar surface area (TPSA) is 26.3 Å². The largest absolute Gasteiger partial charge is 0.485 e. The highest BCUT2D eigenvalue weighted by Gasteiger charge is 2.35. The molecule has 0 spiro atoms. The monoisotopic (exact) mass is 176 g/mol. The maximum atomic E-state index is 11.6. The van der Waals surface area contributed by atoms with E-state index in [9.17, 15) is 4.79 Å². The SMILES string of the molecule is CC1(C)C(=O)COc2ccccc21. The Labute approximate surface area is 77.5 Å². The summed E-state index contributed by atoms with van der Waals surface area (Å²) in [5.41, 5.74) is 0.598. The summed E-state index contributed by atoms with van der Waals surface area (Å²) in [5, 5.41) is 0. The summed E-state index contributed by atoms with van der Waals surface area (Å²) in [6.07, 6.45) is 0. The summed E-state index contributed by atoms with van der Waals surface area (Å²) in [7, 11) is 0. The molecule has 0 saturated carbocycles. The fourth-order valence-corrected chi connectivity index (χ4v) is 1.58. The molecule has 0 unspecified atom stereocenters. The third-order valence-corrected chi connectivity index (χ3v) is 2.62. The Morgan fingerprint density at radius 2 is 2.00 bits per heavy atom. The zero-order chi connectivity index (χ0) is 9.47. The first-order valence-electron chi connectivity index (χ1n) is 4.38. The summed E-state index contributed by atoms with van der Waals surface area (Å²) < 4.78 is 5.32. The molecule has 1 aliphatic rings. The molecule has 2 heteroatoms. The first kappa shape index (κ1) is 8.30. The van der Waals surface area contributed by atoms with Crippen LogP contribution in [0.1, 0.15) is 19.4 Å². The Morgan fingerprint density at radius 3 is 2.77 bits per heavy atom. The molecular formula is C11H12O2. The van der Waals surface area contributed by atoms with Crippen molar-refractivity contribution in [1.82, 2.24) is 0 Å². The van der Waals surface area contributed by atoms with Gasteiger partial charge in [0.15, 0.2) is 5.78 Å². The lowest BCUT2D eigenvalue weighted by atomic mass is 9.79. The van der Waals surface area contributed by atoms with Crippen LogP contribution in [0, 0.1) is 0 Å². The number of Topliss-reactive ketones (excluding diaryl/α,β-unsaturated/α-hetero) is 1. The molecule has 0 atom stereocenters. The van der Waals surface area contributed by atoms with Crippen molar-refractivity contribution >= 4 is 5.78 Å². The maximum Gasteiger partial charge on any atom is 0.180 e. The van der Waals surface area contributed by atoms with Crippen LogP contribution in [0.3, 0.4) is 0 Å². The molecule has 1 heterocycles. The lowest BCUT2D eigenvalue weighted by Crippen LogP contribution is -2.37. The van der Waals surface area contributed by atoms with Gasteiger partial charge in [-0.1, -0.05) is 18.2 Å². The Hall–Kier alpha value is -1.31. The van der Waals surface area contributed by atoms with Crippen molar-refractivity contribution in [2.75, 3.05) is 6.61 Å². The molecule has 1 aliphatic heterocycles. The first-order chi connectivity index (χ1) is 6.12. The Balaban J connectivity index is 2.59. The second-order valence-corrected chi connectivity index (χ2v) is 3.83. The van der Waals surface area contributed by atoms with Gasteiger partial charge in [0, 0.05) is 5.56 Å². The van der Waals surface area contributed by atoms with E-state index < -0.39 is 5.41 Å². The van der Waals surface area contributed by atoms with E-state index in [1.54, 1.807) is 0 Å². The summed E-state index contributed by atoms with van der Waals surface area (Å²) in [6.45, 7) is 4.08. The van der Waals surface area contributed by atoms with Crippen LogP contribution in [0.2, 0.25) is 0 Å². The summed E-state index contributed by atoms with van der Waals surface area (Å²) >= 11 is 0. The molecule has 0 fully saturated rings. The van der Waals surface area contributed by atoms with E-state index in [-0.39, 0.29) is 12.4 Å². The number of ketones is 1. The molecule has 13 heavy (non-hydrogen) atoms. The van der Waals surface area contributed by atoms with Crippen LogP contribution in [0.4, 0.5) is 0 Å². The standard InChI is InChI=1S/C11H12O2/c1-11(2)8-5-3-4-6-9(8)13-7-10(11)12/h3-6H,7H2,1-2H3. The van der Waals surface area contributed by atoms with E-state index in [2.05, 4.69) is 0 Å². The average Bonchev–Trinajstić information content (AvgIpc) is 2.13. The van der Waals surface area contributed by atoms with Crippen LogP contribution in [0.25, 0.3) is 0 Å². The number of para-hydroxylation sites is 1. The van der Waals surface area contributed by atoms with E-state index >= 15 is 0 Å². The van der Waals surface area contributed by atoms with Crippen molar-refractivity contribution < 1.29 is 9.53 Å². The summed E-state index contributed by atoms with van der Waals surface area (Å²) in [5.74, 6) is 0.985. The molecule has 0 amide bonds. The molecule has 2 nitrogen and oxygen atoms in total. The predicted octanol–water partition coefficient (Wildman–Crippen LogP) is 1.93. The quantitative estimate of drug-likeness (QED) is 0.603. The molecule has 0 radical (unpaired) electrons. The highest BCUT2D eigenvalue weighted by atomic mass is 16.5. The van der Waals surface area contributed by atoms with Gasteiger partial charge >= 0.3 is 0 Å². The minimum absolute atomic E-state index is 0.145. The molecular weight excluding hydrogens is 164 g/mol. The molecule has 0 bridgehead atoms. The molecule has 0 N–H and O–H groups in total. The highest BCUT2D eigenvalue weighted by molar-refractivity contribution is 5.92. The van der Waals surface area contributed by atoms with Crippen LogP contribution in [0.5, 0.6) is 5.75 Å². The maximum absolute atomic E-state index is 11.6. The number of rotatable bonds is 0. The smallest absolute Gasteiger partial charge is 0.180 e. The normalized spacial score (nSPS) is 19.1. The summed E-state index contributed by atoms with van der Waals surface area (Å²) in [4.78, 5) is 11.6. The molecule has 1 aromatic rings. The van der Waals surface area contributed by atoms with Crippen LogP contribution >= 0.6 is 0 Å². The van der Waals surface area contributed by atoms with Gasteiger partial charge in [-0.2, -0.15) is 0 Å². The Morgan fingerprint density at radius 1 is 1.31 bits per heavy atom. The number of hydrogen-bond acceptors (Lipinski definition) is 2. The van der Waals surface area contributed by atoms with Crippen molar-refractivity contribution in [3.63, 3.8) is 0 Å². The molecule has 0 aliphatic carbocycles. The van der Waals surface area contributed by atoms with Crippen LogP contribution in [-0.4, -0.2) is 12.4 Å². The van der Waals surface area contributed by atoms with E-state index in [1.807, 2.05) is 38.1 Å². The molecule has 0 saturated heterocycles. The third kappa shape index (κ3) is 1.13. The van der Waals surface area contributed by atoms with Crippen molar-refractivity contribution in [1.29, 1.82) is 0 Å². The number of ether oxygens (including phenoxy) is 1. The van der Waals surface area contributed by atoms with E-state index in [1.165, 1.54) is 0 Å². The second kappa shape index (κ2) is 2.59. The van der Waals surface area contributed by atoms with Crippen LogP contribution < -0.4 is 4.74 Å². The lowest BCUT2D eigenvalue weighted by Gasteiger charge is -2.30. The number of carbonyl (C=O) groups excluding carboxylic acids is 1. The van der Waals surface area contributed by atoms with Gasteiger partial charge in [-0.25, -0.2) is 0 Å². The van der Waals surface area contributed by atoms with E-state index in [0.29, 0.717) is 0 Å². The number of carbonyl (C=O) groups is 1. The molecule has 1 aromatic carbocycles. The Bertz CT molecular complexity index is 353. The zero-order valence-corrected chi connectivity index (χ0v) is 7.83. The first-order valence-corrected chi connectivity index (χ1v) is 4.38. The lowest BCUT2D eigenvalue weighted by molar-refractivity contribution is -0.126. The minimum Gasteiger partial charge on any atom is -0.485 e.